The van der Waals surface area contributed by atoms with Crippen LogP contribution in [0.25, 0.3) is 0 Å². The zero-order chi connectivity index (χ0) is 18.8. The Morgan fingerprint density at radius 3 is 2.50 bits per heavy atom. The molecule has 136 valence electrons. The molecule has 0 saturated carbocycles. The number of pyridine rings is 1. The van der Waals surface area contributed by atoms with Gasteiger partial charge in [-0.25, -0.2) is 8.78 Å². The van der Waals surface area contributed by atoms with Crippen LogP contribution in [0.4, 0.5) is 14.5 Å². The second-order valence-corrected chi connectivity index (χ2v) is 6.31. The van der Waals surface area contributed by atoms with Crippen LogP contribution in [-0.2, 0) is 4.74 Å². The van der Waals surface area contributed by atoms with Crippen LogP contribution in [-0.4, -0.2) is 42.4 Å². The molecule has 0 bridgehead atoms. The highest BCUT2D eigenvalue weighted by Crippen LogP contribution is 2.31. The van der Waals surface area contributed by atoms with E-state index < -0.39 is 23.0 Å². The maximum absolute atomic E-state index is 14.8. The minimum atomic E-state index is -1.28. The van der Waals surface area contributed by atoms with E-state index in [4.69, 9.17) is 4.74 Å². The molecule has 1 fully saturated rings. The Morgan fingerprint density at radius 1 is 1.23 bits per heavy atom. The third-order valence-electron chi connectivity index (χ3n) is 4.22. The van der Waals surface area contributed by atoms with Crippen molar-refractivity contribution in [3.05, 3.63) is 58.9 Å². The van der Waals surface area contributed by atoms with Crippen LogP contribution >= 0.6 is 0 Å². The fraction of sp³-hybridized carbons (Fsp3) is 0.316. The molecular weight excluding hydrogens is 342 g/mol. The molecule has 2 heterocycles. The topological polar surface area (TPSA) is 59.5 Å². The molecule has 1 aliphatic heterocycles. The first-order chi connectivity index (χ1) is 12.4. The second-order valence-electron chi connectivity index (χ2n) is 6.31. The van der Waals surface area contributed by atoms with Crippen molar-refractivity contribution in [3.8, 4) is 0 Å². The van der Waals surface area contributed by atoms with Gasteiger partial charge in [-0.2, -0.15) is 0 Å². The Bertz CT molecular complexity index is 832. The van der Waals surface area contributed by atoms with Gasteiger partial charge in [0.1, 0.15) is 5.69 Å². The molecule has 1 aromatic heterocycles. The van der Waals surface area contributed by atoms with Crippen LogP contribution in [0, 0.1) is 11.6 Å². The lowest BCUT2D eigenvalue weighted by molar-refractivity contribution is -0.00547. The molecule has 1 aromatic carbocycles. The van der Waals surface area contributed by atoms with Crippen molar-refractivity contribution in [2.24, 2.45) is 0 Å². The number of ketones is 1. The van der Waals surface area contributed by atoms with Crippen molar-refractivity contribution in [1.29, 1.82) is 0 Å². The highest BCUT2D eigenvalue weighted by molar-refractivity contribution is 6.09. The lowest BCUT2D eigenvalue weighted by Gasteiger charge is -2.37. The Balaban J connectivity index is 2.07. The molecular formula is C19H18F2N2O3. The van der Waals surface area contributed by atoms with Crippen LogP contribution < -0.4 is 4.90 Å². The number of benzene rings is 1. The summed E-state index contributed by atoms with van der Waals surface area (Å²) in [7, 11) is 0. The van der Waals surface area contributed by atoms with Crippen molar-refractivity contribution >= 4 is 17.8 Å². The monoisotopic (exact) mass is 360 g/mol. The van der Waals surface area contributed by atoms with Crippen molar-refractivity contribution in [2.45, 2.75) is 26.1 Å². The molecule has 2 unspecified atom stereocenters. The van der Waals surface area contributed by atoms with Crippen molar-refractivity contribution < 1.29 is 23.1 Å². The first-order valence-corrected chi connectivity index (χ1v) is 8.25. The Hall–Kier alpha value is -2.67. The van der Waals surface area contributed by atoms with Gasteiger partial charge in [0, 0.05) is 24.8 Å². The average molecular weight is 360 g/mol. The number of rotatable bonds is 4. The molecule has 3 rings (SSSR count). The number of hydrogen-bond donors (Lipinski definition) is 0. The summed E-state index contributed by atoms with van der Waals surface area (Å²) < 4.78 is 35.1. The summed E-state index contributed by atoms with van der Waals surface area (Å²) in [5.74, 6) is -3.27. The van der Waals surface area contributed by atoms with Crippen LogP contribution in [0.3, 0.4) is 0 Å². The molecule has 5 nitrogen and oxygen atoms in total. The fourth-order valence-corrected chi connectivity index (χ4v) is 3.21. The molecule has 2 atom stereocenters. The molecule has 0 amide bonds. The van der Waals surface area contributed by atoms with Gasteiger partial charge in [-0.05, 0) is 32.0 Å². The minimum absolute atomic E-state index is 0.0241. The van der Waals surface area contributed by atoms with E-state index in [0.29, 0.717) is 19.4 Å². The summed E-state index contributed by atoms with van der Waals surface area (Å²) in [5, 5.41) is 0. The number of morpholine rings is 1. The van der Waals surface area contributed by atoms with Crippen molar-refractivity contribution in [2.75, 3.05) is 18.0 Å². The summed E-state index contributed by atoms with van der Waals surface area (Å²) in [5.41, 5.74) is -0.757. The molecule has 26 heavy (non-hydrogen) atoms. The predicted octanol–water partition coefficient (Wildman–Crippen LogP) is 3.02. The third-order valence-corrected chi connectivity index (χ3v) is 4.22. The van der Waals surface area contributed by atoms with Gasteiger partial charge in [-0.3, -0.25) is 14.6 Å². The van der Waals surface area contributed by atoms with E-state index >= 15 is 0 Å². The zero-order valence-electron chi connectivity index (χ0n) is 14.4. The van der Waals surface area contributed by atoms with E-state index in [0.717, 1.165) is 6.07 Å². The number of halogens is 2. The number of nitrogens with zero attached hydrogens (tertiary/aromatic N) is 2. The normalized spacial score (nSPS) is 20.1. The number of carbonyl (C=O) groups excluding carboxylic acids is 2. The molecule has 0 spiro atoms. The molecule has 0 aliphatic carbocycles. The lowest BCUT2D eigenvalue weighted by Crippen LogP contribution is -2.46. The van der Waals surface area contributed by atoms with Gasteiger partial charge in [0.2, 0.25) is 5.78 Å². The third kappa shape index (κ3) is 3.35. The number of aldehydes is 1. The van der Waals surface area contributed by atoms with Gasteiger partial charge in [-0.15, -0.1) is 0 Å². The van der Waals surface area contributed by atoms with Crippen LogP contribution in [0.15, 0.2) is 30.5 Å². The fourth-order valence-electron chi connectivity index (χ4n) is 3.21. The molecule has 0 N–H and O–H groups in total. The number of carbonyl (C=O) groups is 2. The highest BCUT2D eigenvalue weighted by Gasteiger charge is 2.30. The molecule has 2 aromatic rings. The van der Waals surface area contributed by atoms with Crippen LogP contribution in [0.5, 0.6) is 0 Å². The summed E-state index contributed by atoms with van der Waals surface area (Å²) in [6, 6.07) is 5.66. The smallest absolute Gasteiger partial charge is 0.214 e. The van der Waals surface area contributed by atoms with Gasteiger partial charge in [0.15, 0.2) is 17.9 Å². The predicted molar refractivity (Wildman–Crippen MR) is 91.6 cm³/mol. The van der Waals surface area contributed by atoms with Gasteiger partial charge in [0.05, 0.1) is 23.5 Å². The Labute approximate surface area is 149 Å². The molecule has 1 saturated heterocycles. The van der Waals surface area contributed by atoms with Gasteiger partial charge < -0.3 is 9.64 Å². The number of aromatic nitrogens is 1. The largest absolute Gasteiger partial charge is 0.372 e. The number of hydrogen-bond acceptors (Lipinski definition) is 5. The van der Waals surface area contributed by atoms with E-state index in [2.05, 4.69) is 4.98 Å². The molecule has 0 radical (unpaired) electrons. The SMILES string of the molecule is CC1CN(c2c(C=O)cc(C(=O)c3ccccn3)c(F)c2F)CC(C)O1. The summed E-state index contributed by atoms with van der Waals surface area (Å²) >= 11 is 0. The van der Waals surface area contributed by atoms with Gasteiger partial charge in [-0.1, -0.05) is 6.07 Å². The number of ether oxygens (including phenoxy) is 1. The zero-order valence-corrected chi connectivity index (χ0v) is 14.4. The first-order valence-electron chi connectivity index (χ1n) is 8.25. The summed E-state index contributed by atoms with van der Waals surface area (Å²) in [6.45, 7) is 4.26. The molecule has 7 heteroatoms. The molecule has 1 aliphatic rings. The average Bonchev–Trinajstić information content (AvgIpc) is 2.63. The number of anilines is 1. The van der Waals surface area contributed by atoms with Gasteiger partial charge in [0.25, 0.3) is 0 Å². The summed E-state index contributed by atoms with van der Waals surface area (Å²) in [6.07, 6.45) is 1.41. The van der Waals surface area contributed by atoms with Crippen LogP contribution in [0.2, 0.25) is 0 Å². The quantitative estimate of drug-likeness (QED) is 0.620. The van der Waals surface area contributed by atoms with E-state index in [9.17, 15) is 18.4 Å². The maximum atomic E-state index is 14.8. The van der Waals surface area contributed by atoms with E-state index in [1.165, 1.54) is 12.3 Å². The highest BCUT2D eigenvalue weighted by atomic mass is 19.2. The Morgan fingerprint density at radius 2 is 1.92 bits per heavy atom. The standard InChI is InChI=1S/C19H18F2N2O3/c1-11-8-23(9-12(2)26-11)18-13(10-24)7-14(16(20)17(18)21)19(25)15-5-3-4-6-22-15/h3-7,10-12H,8-9H2,1-2H3. The summed E-state index contributed by atoms with van der Waals surface area (Å²) in [4.78, 5) is 29.4. The first kappa shape index (κ1) is 18.1. The van der Waals surface area contributed by atoms with E-state index in [1.807, 2.05) is 13.8 Å². The van der Waals surface area contributed by atoms with Crippen molar-refractivity contribution in [1.82, 2.24) is 4.98 Å². The van der Waals surface area contributed by atoms with Gasteiger partial charge >= 0.3 is 0 Å². The van der Waals surface area contributed by atoms with Crippen LogP contribution in [0.1, 0.15) is 40.3 Å². The Kier molecular flexibility index (Phi) is 5.08. The van der Waals surface area contributed by atoms with E-state index in [-0.39, 0.29) is 29.2 Å². The second kappa shape index (κ2) is 7.29. The maximum Gasteiger partial charge on any atom is 0.214 e. The minimum Gasteiger partial charge on any atom is -0.372 e. The van der Waals surface area contributed by atoms with E-state index in [1.54, 1.807) is 17.0 Å². The van der Waals surface area contributed by atoms with Crippen molar-refractivity contribution in [3.63, 3.8) is 0 Å². The lowest BCUT2D eigenvalue weighted by atomic mass is 10.0.